The van der Waals surface area contributed by atoms with Crippen molar-refractivity contribution >= 4 is 23.7 Å². The molecule has 2 aromatic rings. The number of allylic oxidation sites excluding steroid dienone is 2. The van der Waals surface area contributed by atoms with Crippen molar-refractivity contribution in [2.75, 3.05) is 59.8 Å². The lowest BCUT2D eigenvalue weighted by atomic mass is 10.1. The molecule has 0 bridgehead atoms. The van der Waals surface area contributed by atoms with Crippen LogP contribution in [0, 0.1) is 0 Å². The van der Waals surface area contributed by atoms with E-state index in [1.165, 1.54) is 12.2 Å². The molecule has 2 aliphatic rings. The van der Waals surface area contributed by atoms with Gasteiger partial charge in [-0.1, -0.05) is 12.1 Å². The summed E-state index contributed by atoms with van der Waals surface area (Å²) in [6.45, 7) is 6.13. The third kappa shape index (κ3) is 8.20. The monoisotopic (exact) mass is 507 g/mol. The van der Waals surface area contributed by atoms with E-state index in [0.717, 1.165) is 50.4 Å². The molecule has 8 heteroatoms. The first-order chi connectivity index (χ1) is 18.1. The van der Waals surface area contributed by atoms with Crippen LogP contribution in [0.25, 0.3) is 12.2 Å². The van der Waals surface area contributed by atoms with Crippen molar-refractivity contribution in [1.29, 1.82) is 0 Å². The van der Waals surface area contributed by atoms with Crippen molar-refractivity contribution in [3.63, 3.8) is 0 Å². The number of ether oxygens (including phenoxy) is 5. The zero-order valence-corrected chi connectivity index (χ0v) is 21.1. The summed E-state index contributed by atoms with van der Waals surface area (Å²) in [7, 11) is 1.57. The maximum Gasteiger partial charge on any atom is 0.163 e. The molecule has 1 fully saturated rings. The van der Waals surface area contributed by atoms with Gasteiger partial charge < -0.3 is 23.7 Å². The molecule has 2 heterocycles. The molecule has 2 aliphatic heterocycles. The Kier molecular flexibility index (Phi) is 9.74. The summed E-state index contributed by atoms with van der Waals surface area (Å²) in [5, 5.41) is 0. The number of fused-ring (bicyclic) bond motifs is 1. The van der Waals surface area contributed by atoms with E-state index in [1.807, 2.05) is 30.3 Å². The lowest BCUT2D eigenvalue weighted by Crippen LogP contribution is -2.37. The number of hydrogen-bond acceptors (Lipinski definition) is 8. The predicted octanol–water partition coefficient (Wildman–Crippen LogP) is 3.82. The van der Waals surface area contributed by atoms with Crippen LogP contribution in [-0.2, 0) is 14.3 Å². The molecular formula is C29H33NO7. The van der Waals surface area contributed by atoms with Gasteiger partial charge in [-0.3, -0.25) is 14.5 Å². The second-order valence-electron chi connectivity index (χ2n) is 8.74. The third-order valence-electron chi connectivity index (χ3n) is 6.02. The van der Waals surface area contributed by atoms with Gasteiger partial charge in [0.15, 0.2) is 23.1 Å². The molecular weight excluding hydrogens is 474 g/mol. The lowest BCUT2D eigenvalue weighted by molar-refractivity contribution is -0.121. The van der Waals surface area contributed by atoms with Gasteiger partial charge in [-0.2, -0.15) is 0 Å². The van der Waals surface area contributed by atoms with E-state index >= 15 is 0 Å². The van der Waals surface area contributed by atoms with Gasteiger partial charge in [0.2, 0.25) is 0 Å². The summed E-state index contributed by atoms with van der Waals surface area (Å²) < 4.78 is 27.8. The third-order valence-corrected chi connectivity index (χ3v) is 6.02. The van der Waals surface area contributed by atoms with E-state index in [9.17, 15) is 9.59 Å². The van der Waals surface area contributed by atoms with Gasteiger partial charge >= 0.3 is 0 Å². The molecule has 0 N–H and O–H groups in total. The largest absolute Gasteiger partial charge is 0.496 e. The number of hydrogen-bond donors (Lipinski definition) is 0. The average Bonchev–Trinajstić information content (AvgIpc) is 2.93. The minimum absolute atomic E-state index is 0.218. The van der Waals surface area contributed by atoms with Crippen LogP contribution in [0.4, 0.5) is 0 Å². The number of morpholine rings is 1. The fourth-order valence-electron chi connectivity index (χ4n) is 4.05. The molecule has 8 nitrogen and oxygen atoms in total. The number of ketones is 2. The molecule has 0 unspecified atom stereocenters. The quantitative estimate of drug-likeness (QED) is 0.244. The van der Waals surface area contributed by atoms with Crippen LogP contribution in [-0.4, -0.2) is 76.2 Å². The number of rotatable bonds is 12. The molecule has 0 radical (unpaired) electrons. The highest BCUT2D eigenvalue weighted by molar-refractivity contribution is 6.11. The van der Waals surface area contributed by atoms with Crippen LogP contribution in [0.2, 0.25) is 0 Å². The summed E-state index contributed by atoms with van der Waals surface area (Å²) in [6.07, 6.45) is 6.83. The number of nitrogens with zero attached hydrogens (tertiary/aromatic N) is 1. The Hall–Kier alpha value is -3.62. The molecule has 0 spiro atoms. The zero-order valence-electron chi connectivity index (χ0n) is 21.1. The molecule has 0 aliphatic carbocycles. The van der Waals surface area contributed by atoms with Crippen LogP contribution in [0.5, 0.6) is 23.0 Å². The SMILES string of the molecule is COc1cc(OCCCN2CCOCC2)ccc1/C=C/C(=O)CC(=O)/C=C/c1ccc2c(c1)OCCO2. The second-order valence-corrected chi connectivity index (χ2v) is 8.74. The van der Waals surface area contributed by atoms with E-state index in [1.54, 1.807) is 25.3 Å². The smallest absolute Gasteiger partial charge is 0.163 e. The Morgan fingerprint density at radius 1 is 0.919 bits per heavy atom. The van der Waals surface area contributed by atoms with E-state index < -0.39 is 0 Å². The molecule has 196 valence electrons. The number of methoxy groups -OCH3 is 1. The molecule has 0 saturated carbocycles. The first-order valence-corrected chi connectivity index (χ1v) is 12.5. The van der Waals surface area contributed by atoms with Crippen molar-refractivity contribution in [2.45, 2.75) is 12.8 Å². The van der Waals surface area contributed by atoms with E-state index in [0.29, 0.717) is 42.8 Å². The average molecular weight is 508 g/mol. The van der Waals surface area contributed by atoms with Gasteiger partial charge in [-0.15, -0.1) is 0 Å². The summed E-state index contributed by atoms with van der Waals surface area (Å²) in [4.78, 5) is 27.0. The molecule has 0 atom stereocenters. The summed E-state index contributed by atoms with van der Waals surface area (Å²) >= 11 is 0. The van der Waals surface area contributed by atoms with Gasteiger partial charge in [0.05, 0.1) is 33.4 Å². The van der Waals surface area contributed by atoms with E-state index in [2.05, 4.69) is 4.90 Å². The van der Waals surface area contributed by atoms with E-state index in [-0.39, 0.29) is 18.0 Å². The Labute approximate surface area is 217 Å². The molecule has 4 rings (SSSR count). The van der Waals surface area contributed by atoms with Gasteiger partial charge in [0.25, 0.3) is 0 Å². The molecule has 37 heavy (non-hydrogen) atoms. The number of carbonyl (C=O) groups excluding carboxylic acids is 2. The highest BCUT2D eigenvalue weighted by Crippen LogP contribution is 2.31. The van der Waals surface area contributed by atoms with Crippen LogP contribution in [0.1, 0.15) is 24.0 Å². The minimum Gasteiger partial charge on any atom is -0.496 e. The highest BCUT2D eigenvalue weighted by Gasteiger charge is 2.12. The van der Waals surface area contributed by atoms with Gasteiger partial charge in [0.1, 0.15) is 24.7 Å². The molecule has 0 amide bonds. The number of carbonyl (C=O) groups is 2. The Morgan fingerprint density at radius 2 is 1.68 bits per heavy atom. The molecule has 2 aromatic carbocycles. The van der Waals surface area contributed by atoms with Gasteiger partial charge in [0, 0.05) is 31.3 Å². The maximum atomic E-state index is 12.3. The Bertz CT molecular complexity index is 1140. The lowest BCUT2D eigenvalue weighted by Gasteiger charge is -2.26. The molecule has 0 aromatic heterocycles. The first kappa shape index (κ1) is 26.4. The van der Waals surface area contributed by atoms with Crippen LogP contribution < -0.4 is 18.9 Å². The Morgan fingerprint density at radius 3 is 2.46 bits per heavy atom. The first-order valence-electron chi connectivity index (χ1n) is 12.5. The van der Waals surface area contributed by atoms with Crippen molar-refractivity contribution in [3.8, 4) is 23.0 Å². The van der Waals surface area contributed by atoms with Crippen molar-refractivity contribution in [1.82, 2.24) is 4.90 Å². The predicted molar refractivity (Wildman–Crippen MR) is 140 cm³/mol. The topological polar surface area (TPSA) is 83.5 Å². The fraction of sp³-hybridized carbons (Fsp3) is 0.379. The summed E-state index contributed by atoms with van der Waals surface area (Å²) in [5.41, 5.74) is 1.53. The van der Waals surface area contributed by atoms with Gasteiger partial charge in [-0.05, 0) is 54.5 Å². The molecule has 1 saturated heterocycles. The van der Waals surface area contributed by atoms with Crippen molar-refractivity contribution in [3.05, 3.63) is 59.7 Å². The van der Waals surface area contributed by atoms with Crippen molar-refractivity contribution < 1.29 is 33.3 Å². The van der Waals surface area contributed by atoms with Crippen molar-refractivity contribution in [2.24, 2.45) is 0 Å². The van der Waals surface area contributed by atoms with Crippen LogP contribution >= 0.6 is 0 Å². The standard InChI is InChI=1S/C29H33NO7/c1-33-28-21-26(35-14-2-11-30-12-15-34-16-13-30)9-6-23(28)5-8-25(32)20-24(31)7-3-22-4-10-27-29(19-22)37-18-17-36-27/h3-10,19,21H,2,11-18,20H2,1H3/b7-3+,8-5+. The zero-order chi connectivity index (χ0) is 25.9. The summed E-state index contributed by atoms with van der Waals surface area (Å²) in [5.74, 6) is 2.08. The van der Waals surface area contributed by atoms with E-state index in [4.69, 9.17) is 23.7 Å². The maximum absolute atomic E-state index is 12.3. The summed E-state index contributed by atoms with van der Waals surface area (Å²) in [6, 6.07) is 10.9. The second kappa shape index (κ2) is 13.6. The normalized spacial score (nSPS) is 15.7. The van der Waals surface area contributed by atoms with Crippen LogP contribution in [0.15, 0.2) is 48.6 Å². The Balaban J connectivity index is 1.24. The number of benzene rings is 2. The van der Waals surface area contributed by atoms with Gasteiger partial charge in [-0.25, -0.2) is 0 Å². The van der Waals surface area contributed by atoms with Crippen LogP contribution in [0.3, 0.4) is 0 Å². The minimum atomic E-state index is -0.290. The fourth-order valence-corrected chi connectivity index (χ4v) is 4.05. The highest BCUT2D eigenvalue weighted by atomic mass is 16.6.